The van der Waals surface area contributed by atoms with E-state index >= 15 is 0 Å². The van der Waals surface area contributed by atoms with Gasteiger partial charge in [-0.3, -0.25) is 19.3 Å². The van der Waals surface area contributed by atoms with Gasteiger partial charge in [0.2, 0.25) is 5.91 Å². The van der Waals surface area contributed by atoms with Gasteiger partial charge in [-0.15, -0.1) is 0 Å². The van der Waals surface area contributed by atoms with Crippen molar-refractivity contribution in [3.05, 3.63) is 65.2 Å². The van der Waals surface area contributed by atoms with Crippen molar-refractivity contribution < 1.29 is 28.7 Å². The lowest BCUT2D eigenvalue weighted by Gasteiger charge is -2.53. The Morgan fingerprint density at radius 1 is 0.875 bits per heavy atom. The van der Waals surface area contributed by atoms with Crippen molar-refractivity contribution in [3.8, 4) is 5.75 Å². The largest absolute Gasteiger partial charge is 0.497 e. The Morgan fingerprint density at radius 3 is 1.91 bits per heavy atom. The highest BCUT2D eigenvalue weighted by molar-refractivity contribution is 6.23. The molecule has 0 saturated carbocycles. The number of nitrogens with zero attached hydrogens (tertiary/aromatic N) is 2. The van der Waals surface area contributed by atoms with Crippen LogP contribution in [-0.4, -0.2) is 59.8 Å². The number of hydrogen-bond acceptors (Lipinski definition) is 6. The van der Waals surface area contributed by atoms with Gasteiger partial charge in [-0.05, 0) is 35.7 Å². The predicted molar refractivity (Wildman–Crippen MR) is 114 cm³/mol. The number of hydrogen-bond donors (Lipinski definition) is 0. The predicted octanol–water partition coefficient (Wildman–Crippen LogP) is 2.44. The van der Waals surface area contributed by atoms with Crippen LogP contribution in [0.4, 0.5) is 0 Å². The molecule has 32 heavy (non-hydrogen) atoms. The van der Waals surface area contributed by atoms with Crippen LogP contribution in [-0.2, 0) is 14.3 Å². The number of amides is 3. The summed E-state index contributed by atoms with van der Waals surface area (Å²) in [5, 5.41) is 0. The zero-order valence-electron chi connectivity index (χ0n) is 18.3. The summed E-state index contributed by atoms with van der Waals surface area (Å²) in [6.07, 6.45) is 0. The van der Waals surface area contributed by atoms with E-state index in [2.05, 4.69) is 0 Å². The number of carbonyl (C=O) groups excluding carboxylic acids is 4. The molecule has 1 fully saturated rings. The molecule has 0 bridgehead atoms. The van der Waals surface area contributed by atoms with Gasteiger partial charge in [0.1, 0.15) is 17.8 Å². The number of β-lactam (4-membered cyclic amide) rings is 1. The van der Waals surface area contributed by atoms with E-state index in [0.717, 1.165) is 4.90 Å². The first-order valence-electron chi connectivity index (χ1n) is 10.3. The third-order valence-corrected chi connectivity index (χ3v) is 6.04. The Hall–Kier alpha value is -3.68. The van der Waals surface area contributed by atoms with Gasteiger partial charge in [0, 0.05) is 0 Å². The van der Waals surface area contributed by atoms with Crippen molar-refractivity contribution >= 4 is 23.7 Å². The van der Waals surface area contributed by atoms with Gasteiger partial charge in [-0.1, -0.05) is 38.1 Å². The van der Waals surface area contributed by atoms with Crippen molar-refractivity contribution in [3.63, 3.8) is 0 Å². The first kappa shape index (κ1) is 21.5. The van der Waals surface area contributed by atoms with E-state index in [1.165, 1.54) is 12.0 Å². The lowest BCUT2D eigenvalue weighted by molar-refractivity contribution is -0.173. The molecule has 0 radical (unpaired) electrons. The van der Waals surface area contributed by atoms with Gasteiger partial charge >= 0.3 is 5.97 Å². The molecule has 2 aliphatic heterocycles. The minimum atomic E-state index is -1.05. The Bertz CT molecular complexity index is 1060. The number of imide groups is 1. The number of fused-ring (bicyclic) bond motifs is 1. The molecule has 0 unspecified atom stereocenters. The second-order valence-corrected chi connectivity index (χ2v) is 8.15. The normalized spacial score (nSPS) is 20.8. The topological polar surface area (TPSA) is 93.2 Å². The van der Waals surface area contributed by atoms with E-state index in [1.54, 1.807) is 55.6 Å². The van der Waals surface area contributed by atoms with E-state index in [4.69, 9.17) is 9.47 Å². The molecule has 2 aliphatic rings. The van der Waals surface area contributed by atoms with Crippen LogP contribution in [0.1, 0.15) is 46.2 Å². The third kappa shape index (κ3) is 3.14. The van der Waals surface area contributed by atoms with Crippen molar-refractivity contribution in [2.45, 2.75) is 32.0 Å². The quantitative estimate of drug-likeness (QED) is 0.392. The fourth-order valence-electron chi connectivity index (χ4n) is 4.49. The first-order chi connectivity index (χ1) is 15.3. The molecule has 0 aliphatic carbocycles. The maximum atomic E-state index is 13.4. The number of esters is 1. The maximum Gasteiger partial charge on any atom is 0.328 e. The van der Waals surface area contributed by atoms with Crippen molar-refractivity contribution in [1.29, 1.82) is 0 Å². The lowest BCUT2D eigenvalue weighted by Crippen LogP contribution is -2.70. The fraction of sp³-hybridized carbons (Fsp3) is 0.333. The molecule has 1 saturated heterocycles. The van der Waals surface area contributed by atoms with E-state index in [1.807, 2.05) is 13.8 Å². The summed E-state index contributed by atoms with van der Waals surface area (Å²) in [6, 6.07) is 10.9. The Labute approximate surface area is 185 Å². The smallest absolute Gasteiger partial charge is 0.328 e. The molecule has 3 atom stereocenters. The molecule has 4 rings (SSSR count). The SMILES string of the molecule is COC(=O)[C@H](C(C)C)N1C(=O)[C@@H](N2C(=O)c3ccccc3C2=O)[C@@H]1c1ccc(OC)cc1. The van der Waals surface area contributed by atoms with Gasteiger partial charge in [-0.2, -0.15) is 0 Å². The summed E-state index contributed by atoms with van der Waals surface area (Å²) in [6.45, 7) is 3.63. The number of likely N-dealkylation sites (tertiary alicyclic amines) is 1. The molecule has 8 nitrogen and oxygen atoms in total. The van der Waals surface area contributed by atoms with Crippen LogP contribution in [0.15, 0.2) is 48.5 Å². The molecule has 0 spiro atoms. The van der Waals surface area contributed by atoms with E-state index < -0.39 is 41.8 Å². The van der Waals surface area contributed by atoms with Crippen molar-refractivity contribution in [1.82, 2.24) is 9.80 Å². The minimum absolute atomic E-state index is 0.240. The first-order valence-corrected chi connectivity index (χ1v) is 10.3. The van der Waals surface area contributed by atoms with Gasteiger partial charge in [0.15, 0.2) is 0 Å². The van der Waals surface area contributed by atoms with Crippen LogP contribution in [0.25, 0.3) is 0 Å². The van der Waals surface area contributed by atoms with Gasteiger partial charge in [0.25, 0.3) is 11.8 Å². The molecule has 3 amide bonds. The van der Waals surface area contributed by atoms with Crippen LogP contribution in [0.2, 0.25) is 0 Å². The molecular weight excluding hydrogens is 412 g/mol. The zero-order valence-corrected chi connectivity index (χ0v) is 18.3. The van der Waals surface area contributed by atoms with Crippen molar-refractivity contribution in [2.75, 3.05) is 14.2 Å². The monoisotopic (exact) mass is 436 g/mol. The van der Waals surface area contributed by atoms with Crippen LogP contribution >= 0.6 is 0 Å². The second-order valence-electron chi connectivity index (χ2n) is 8.15. The lowest BCUT2D eigenvalue weighted by atomic mass is 9.83. The van der Waals surface area contributed by atoms with E-state index in [-0.39, 0.29) is 17.0 Å². The molecule has 2 aromatic rings. The summed E-state index contributed by atoms with van der Waals surface area (Å²) in [7, 11) is 2.81. The standard InChI is InChI=1S/C24H24N2O6/c1-13(2)18(24(30)32-4)25-19(14-9-11-15(31-3)12-10-14)20(23(25)29)26-21(27)16-7-5-6-8-17(16)22(26)28/h5-13,18-20H,1-4H3/t18-,19-,20-/m0/s1. The summed E-state index contributed by atoms with van der Waals surface area (Å²) in [5.74, 6) is -1.66. The van der Waals surface area contributed by atoms with E-state index in [0.29, 0.717) is 11.3 Å². The second kappa shape index (κ2) is 8.11. The van der Waals surface area contributed by atoms with Crippen LogP contribution < -0.4 is 4.74 Å². The average molecular weight is 436 g/mol. The van der Waals surface area contributed by atoms with Crippen LogP contribution in [0, 0.1) is 5.92 Å². The number of methoxy groups -OCH3 is 2. The molecule has 0 aromatic heterocycles. The van der Waals surface area contributed by atoms with Crippen LogP contribution in [0.5, 0.6) is 5.75 Å². The number of ether oxygens (including phenoxy) is 2. The third-order valence-electron chi connectivity index (χ3n) is 6.04. The molecule has 166 valence electrons. The molecule has 2 heterocycles. The highest BCUT2D eigenvalue weighted by Gasteiger charge is 2.60. The van der Waals surface area contributed by atoms with Crippen LogP contribution in [0.3, 0.4) is 0 Å². The summed E-state index contributed by atoms with van der Waals surface area (Å²) in [5.41, 5.74) is 1.22. The summed E-state index contributed by atoms with van der Waals surface area (Å²) >= 11 is 0. The minimum Gasteiger partial charge on any atom is -0.497 e. The molecule has 0 N–H and O–H groups in total. The number of rotatable bonds is 6. The highest BCUT2D eigenvalue weighted by atomic mass is 16.5. The summed E-state index contributed by atoms with van der Waals surface area (Å²) < 4.78 is 10.2. The Balaban J connectivity index is 1.78. The highest BCUT2D eigenvalue weighted by Crippen LogP contribution is 2.44. The van der Waals surface area contributed by atoms with Gasteiger partial charge < -0.3 is 14.4 Å². The number of carbonyl (C=O) groups is 4. The molecule has 8 heteroatoms. The zero-order chi connectivity index (χ0) is 23.2. The Kier molecular flexibility index (Phi) is 5.46. The average Bonchev–Trinajstić information content (AvgIpc) is 3.05. The van der Waals surface area contributed by atoms with Gasteiger partial charge in [-0.25, -0.2) is 4.79 Å². The molecular formula is C24H24N2O6. The Morgan fingerprint density at radius 2 is 1.44 bits per heavy atom. The fourth-order valence-corrected chi connectivity index (χ4v) is 4.49. The van der Waals surface area contributed by atoms with E-state index in [9.17, 15) is 19.2 Å². The molecule has 2 aromatic carbocycles. The number of benzene rings is 2. The summed E-state index contributed by atoms with van der Waals surface area (Å²) in [4.78, 5) is 54.6. The maximum absolute atomic E-state index is 13.4. The van der Waals surface area contributed by atoms with Crippen molar-refractivity contribution in [2.24, 2.45) is 5.92 Å². The van der Waals surface area contributed by atoms with Gasteiger partial charge in [0.05, 0.1) is 31.4 Å².